The topological polar surface area (TPSA) is 98.5 Å². The van der Waals surface area contributed by atoms with E-state index in [0.717, 1.165) is 0 Å². The molecule has 1 unspecified atom stereocenters. The number of nitrogens with one attached hydrogen (secondary N) is 1. The van der Waals surface area contributed by atoms with Crippen LogP contribution in [-0.4, -0.2) is 26.5 Å². The highest BCUT2D eigenvalue weighted by atomic mass is 32.2. The number of hydrogen-bond acceptors (Lipinski definition) is 4. The van der Waals surface area contributed by atoms with Crippen LogP contribution < -0.4 is 15.2 Å². The molecule has 6 nitrogen and oxygen atoms in total. The number of amides is 1. The van der Waals surface area contributed by atoms with Gasteiger partial charge in [-0.15, -0.1) is 0 Å². The summed E-state index contributed by atoms with van der Waals surface area (Å²) in [5.41, 5.74) is 0.598. The lowest BCUT2D eigenvalue weighted by atomic mass is 10.2. The van der Waals surface area contributed by atoms with Gasteiger partial charge in [-0.1, -0.05) is 0 Å². The summed E-state index contributed by atoms with van der Waals surface area (Å²) in [4.78, 5) is 11.8. The van der Waals surface area contributed by atoms with Gasteiger partial charge >= 0.3 is 0 Å². The van der Waals surface area contributed by atoms with Crippen LogP contribution >= 0.6 is 0 Å². The Balaban J connectivity index is 2.87. The molecule has 0 aromatic heterocycles. The molecular weight excluding hydrogens is 280 g/mol. The summed E-state index contributed by atoms with van der Waals surface area (Å²) in [6, 6.07) is 4.29. The molecule has 0 radical (unpaired) electrons. The fraction of sp³-hybridized carbons (Fsp3) is 0.462. The van der Waals surface area contributed by atoms with Crippen molar-refractivity contribution in [3.8, 4) is 5.75 Å². The number of benzene rings is 1. The molecule has 20 heavy (non-hydrogen) atoms. The maximum Gasteiger partial charge on any atom is 0.260 e. The first kappa shape index (κ1) is 16.5. The normalized spacial score (nSPS) is 13.1. The molecule has 1 aromatic carbocycles. The lowest BCUT2D eigenvalue weighted by molar-refractivity contribution is -0.127. The van der Waals surface area contributed by atoms with E-state index in [-0.39, 0.29) is 16.8 Å². The molecule has 0 heterocycles. The van der Waals surface area contributed by atoms with Gasteiger partial charge in [0.05, 0.1) is 4.90 Å². The second-order valence-corrected chi connectivity index (χ2v) is 6.46. The quantitative estimate of drug-likeness (QED) is 0.845. The van der Waals surface area contributed by atoms with E-state index in [2.05, 4.69) is 5.32 Å². The van der Waals surface area contributed by atoms with Crippen molar-refractivity contribution in [2.45, 2.75) is 44.7 Å². The summed E-state index contributed by atoms with van der Waals surface area (Å²) in [6.45, 7) is 7.04. The highest BCUT2D eigenvalue weighted by molar-refractivity contribution is 7.89. The van der Waals surface area contributed by atoms with Crippen LogP contribution in [0.3, 0.4) is 0 Å². The van der Waals surface area contributed by atoms with Crippen molar-refractivity contribution in [2.24, 2.45) is 5.14 Å². The van der Waals surface area contributed by atoms with Crippen molar-refractivity contribution in [3.63, 3.8) is 0 Å². The number of hydrogen-bond donors (Lipinski definition) is 2. The zero-order valence-corrected chi connectivity index (χ0v) is 12.8. The second-order valence-electron chi connectivity index (χ2n) is 4.90. The number of sulfonamides is 1. The number of aryl methyl sites for hydroxylation is 1. The summed E-state index contributed by atoms with van der Waals surface area (Å²) in [6.07, 6.45) is -0.670. The van der Waals surface area contributed by atoms with E-state index in [1.807, 2.05) is 13.8 Å². The molecule has 0 bridgehead atoms. The van der Waals surface area contributed by atoms with Crippen LogP contribution in [0.1, 0.15) is 26.3 Å². The smallest absolute Gasteiger partial charge is 0.260 e. The number of rotatable bonds is 5. The lowest BCUT2D eigenvalue weighted by Crippen LogP contribution is -2.40. The van der Waals surface area contributed by atoms with Crippen LogP contribution in [0.2, 0.25) is 0 Å². The third-order valence-corrected chi connectivity index (χ3v) is 3.49. The van der Waals surface area contributed by atoms with Crippen molar-refractivity contribution >= 4 is 15.9 Å². The van der Waals surface area contributed by atoms with E-state index in [9.17, 15) is 13.2 Å². The molecule has 0 spiro atoms. The molecule has 1 atom stereocenters. The van der Waals surface area contributed by atoms with Crippen LogP contribution in [0.4, 0.5) is 0 Å². The standard InChI is InChI=1S/C13H20N2O4S/c1-8(2)15-13(16)10(4)19-12-6-5-11(7-9(12)3)20(14,17)18/h5-8,10H,1-4H3,(H,15,16)(H2,14,17,18). The van der Waals surface area contributed by atoms with Gasteiger partial charge in [0, 0.05) is 6.04 Å². The minimum Gasteiger partial charge on any atom is -0.481 e. The lowest BCUT2D eigenvalue weighted by Gasteiger charge is -2.18. The van der Waals surface area contributed by atoms with Crippen molar-refractivity contribution in [1.29, 1.82) is 0 Å². The molecule has 0 aliphatic rings. The summed E-state index contributed by atoms with van der Waals surface area (Å²) >= 11 is 0. The minimum absolute atomic E-state index is 0.0154. The van der Waals surface area contributed by atoms with Gasteiger partial charge < -0.3 is 10.1 Å². The second kappa shape index (κ2) is 6.23. The molecule has 0 saturated carbocycles. The number of ether oxygens (including phenoxy) is 1. The monoisotopic (exact) mass is 300 g/mol. The van der Waals surface area contributed by atoms with Gasteiger partial charge in [-0.05, 0) is 51.5 Å². The molecule has 0 aliphatic carbocycles. The van der Waals surface area contributed by atoms with Gasteiger partial charge in [-0.25, -0.2) is 13.6 Å². The third kappa shape index (κ3) is 4.50. The summed E-state index contributed by atoms with van der Waals surface area (Å²) in [5.74, 6) is 0.221. The van der Waals surface area contributed by atoms with Crippen LogP contribution in [-0.2, 0) is 14.8 Å². The van der Waals surface area contributed by atoms with Crippen LogP contribution in [0.15, 0.2) is 23.1 Å². The Morgan fingerprint density at radius 2 is 1.90 bits per heavy atom. The summed E-state index contributed by atoms with van der Waals surface area (Å²) < 4.78 is 28.0. The number of nitrogens with two attached hydrogens (primary N) is 1. The molecule has 3 N–H and O–H groups in total. The van der Waals surface area contributed by atoms with E-state index in [1.165, 1.54) is 18.2 Å². The Morgan fingerprint density at radius 1 is 1.30 bits per heavy atom. The summed E-state index contributed by atoms with van der Waals surface area (Å²) in [7, 11) is -3.74. The first-order valence-corrected chi connectivity index (χ1v) is 7.76. The molecule has 0 aliphatic heterocycles. The first-order valence-electron chi connectivity index (χ1n) is 6.21. The van der Waals surface area contributed by atoms with Gasteiger partial charge in [0.2, 0.25) is 10.0 Å². The molecule has 112 valence electrons. The van der Waals surface area contributed by atoms with Crippen molar-refractivity contribution < 1.29 is 17.9 Å². The molecule has 0 saturated heterocycles. The van der Waals surface area contributed by atoms with E-state index >= 15 is 0 Å². The SMILES string of the molecule is Cc1cc(S(N)(=O)=O)ccc1OC(C)C(=O)NC(C)C. The fourth-order valence-electron chi connectivity index (χ4n) is 1.58. The highest BCUT2D eigenvalue weighted by Crippen LogP contribution is 2.22. The van der Waals surface area contributed by atoms with E-state index in [0.29, 0.717) is 11.3 Å². The number of carbonyl (C=O) groups is 1. The zero-order valence-electron chi connectivity index (χ0n) is 12.0. The average Bonchev–Trinajstić information content (AvgIpc) is 2.29. The van der Waals surface area contributed by atoms with Crippen LogP contribution in [0, 0.1) is 6.92 Å². The Kier molecular flexibility index (Phi) is 5.13. The van der Waals surface area contributed by atoms with Crippen molar-refractivity contribution in [3.05, 3.63) is 23.8 Å². The number of primary sulfonamides is 1. The Labute approximate surface area is 119 Å². The molecule has 1 rings (SSSR count). The third-order valence-electron chi connectivity index (χ3n) is 2.58. The van der Waals surface area contributed by atoms with Crippen molar-refractivity contribution in [2.75, 3.05) is 0 Å². The highest BCUT2D eigenvalue weighted by Gasteiger charge is 2.17. The van der Waals surface area contributed by atoms with E-state index < -0.39 is 16.1 Å². The first-order chi connectivity index (χ1) is 9.11. The molecular formula is C13H20N2O4S. The van der Waals surface area contributed by atoms with Gasteiger partial charge in [0.1, 0.15) is 5.75 Å². The van der Waals surface area contributed by atoms with Crippen LogP contribution in [0.5, 0.6) is 5.75 Å². The predicted octanol–water partition coefficient (Wildman–Crippen LogP) is 0.934. The van der Waals surface area contributed by atoms with Crippen molar-refractivity contribution in [1.82, 2.24) is 5.32 Å². The van der Waals surface area contributed by atoms with E-state index in [1.54, 1.807) is 13.8 Å². The Hall–Kier alpha value is -1.60. The largest absolute Gasteiger partial charge is 0.481 e. The minimum atomic E-state index is -3.74. The molecule has 0 fully saturated rings. The Bertz CT molecular complexity index is 596. The van der Waals surface area contributed by atoms with E-state index in [4.69, 9.17) is 9.88 Å². The maximum atomic E-state index is 11.7. The summed E-state index contributed by atoms with van der Waals surface area (Å²) in [5, 5.41) is 7.79. The maximum absolute atomic E-state index is 11.7. The van der Waals surface area contributed by atoms with Gasteiger partial charge in [-0.2, -0.15) is 0 Å². The zero-order chi connectivity index (χ0) is 15.5. The molecule has 7 heteroatoms. The molecule has 1 aromatic rings. The van der Waals surface area contributed by atoms with Gasteiger partial charge in [0.15, 0.2) is 6.10 Å². The van der Waals surface area contributed by atoms with Gasteiger partial charge in [0.25, 0.3) is 5.91 Å². The predicted molar refractivity (Wildman–Crippen MR) is 75.9 cm³/mol. The van der Waals surface area contributed by atoms with Gasteiger partial charge in [-0.3, -0.25) is 4.79 Å². The Morgan fingerprint density at radius 3 is 2.35 bits per heavy atom. The molecule has 1 amide bonds. The number of carbonyl (C=O) groups excluding carboxylic acids is 1. The average molecular weight is 300 g/mol. The van der Waals surface area contributed by atoms with Crippen LogP contribution in [0.25, 0.3) is 0 Å². The fourth-order valence-corrected chi connectivity index (χ4v) is 2.18.